The number of nitrogens with zero attached hydrogens (tertiary/aromatic N) is 1. The molecule has 0 bridgehead atoms. The molecule has 1 saturated carbocycles. The number of benzene rings is 2. The molecule has 30 heavy (non-hydrogen) atoms. The average Bonchev–Trinajstić information content (AvgIpc) is 3.43. The molecule has 2 aromatic carbocycles. The molecule has 3 fully saturated rings. The lowest BCUT2D eigenvalue weighted by atomic mass is 9.87. The molecular formula is C23H21F3N2O2. The highest BCUT2D eigenvalue weighted by molar-refractivity contribution is 5.96. The first kappa shape index (κ1) is 19.2. The van der Waals surface area contributed by atoms with E-state index in [9.17, 15) is 22.8 Å². The van der Waals surface area contributed by atoms with E-state index in [0.29, 0.717) is 30.6 Å². The Bertz CT molecular complexity index is 1000. The monoisotopic (exact) mass is 414 g/mol. The molecule has 1 N–H and O–H groups in total. The Morgan fingerprint density at radius 2 is 1.47 bits per heavy atom. The van der Waals surface area contributed by atoms with E-state index >= 15 is 0 Å². The Kier molecular flexibility index (Phi) is 4.04. The summed E-state index contributed by atoms with van der Waals surface area (Å²) in [5, 5.41) is 2.96. The van der Waals surface area contributed by atoms with E-state index in [0.717, 1.165) is 17.5 Å². The summed E-state index contributed by atoms with van der Waals surface area (Å²) in [6.45, 7) is 1.06. The molecule has 0 radical (unpaired) electrons. The van der Waals surface area contributed by atoms with Crippen LogP contribution in [0.3, 0.4) is 0 Å². The molecule has 0 aromatic heterocycles. The molecule has 2 saturated heterocycles. The van der Waals surface area contributed by atoms with Crippen molar-refractivity contribution in [3.63, 3.8) is 0 Å². The van der Waals surface area contributed by atoms with Crippen molar-refractivity contribution in [3.05, 3.63) is 59.7 Å². The van der Waals surface area contributed by atoms with Gasteiger partial charge in [0.25, 0.3) is 5.91 Å². The average molecular weight is 414 g/mol. The number of amides is 2. The van der Waals surface area contributed by atoms with Gasteiger partial charge in [0.2, 0.25) is 5.91 Å². The first-order chi connectivity index (χ1) is 14.2. The summed E-state index contributed by atoms with van der Waals surface area (Å²) in [7, 11) is 0. The molecule has 2 heterocycles. The zero-order valence-electron chi connectivity index (χ0n) is 16.3. The van der Waals surface area contributed by atoms with Crippen molar-refractivity contribution in [3.8, 4) is 11.1 Å². The van der Waals surface area contributed by atoms with Crippen LogP contribution in [0.5, 0.6) is 0 Å². The minimum atomic E-state index is -4.22. The summed E-state index contributed by atoms with van der Waals surface area (Å²) in [4.78, 5) is 25.8. The maximum Gasteiger partial charge on any atom is 0.398 e. The van der Waals surface area contributed by atoms with Crippen molar-refractivity contribution in [1.82, 2.24) is 10.2 Å². The number of carbonyl (C=O) groups excluding carboxylic acids is 2. The lowest BCUT2D eigenvalue weighted by Gasteiger charge is -2.47. The lowest BCUT2D eigenvalue weighted by Crippen LogP contribution is -2.68. The van der Waals surface area contributed by atoms with Gasteiger partial charge in [-0.3, -0.25) is 9.59 Å². The minimum absolute atomic E-state index is 0.0420. The second-order valence-electron chi connectivity index (χ2n) is 8.72. The fourth-order valence-electron chi connectivity index (χ4n) is 4.67. The van der Waals surface area contributed by atoms with Gasteiger partial charge in [-0.2, -0.15) is 13.2 Å². The first-order valence-corrected chi connectivity index (χ1v) is 10.1. The third-order valence-corrected chi connectivity index (χ3v) is 6.70. The quantitative estimate of drug-likeness (QED) is 0.824. The molecule has 7 heteroatoms. The number of nitrogens with one attached hydrogen (secondary N) is 1. The largest absolute Gasteiger partial charge is 0.398 e. The number of likely N-dealkylation sites (tertiary alicyclic amines) is 1. The van der Waals surface area contributed by atoms with Crippen molar-refractivity contribution in [2.45, 2.75) is 42.8 Å². The van der Waals surface area contributed by atoms with Crippen LogP contribution in [-0.2, 0) is 10.2 Å². The van der Waals surface area contributed by atoms with E-state index in [1.807, 2.05) is 12.1 Å². The Morgan fingerprint density at radius 1 is 0.900 bits per heavy atom. The van der Waals surface area contributed by atoms with Crippen molar-refractivity contribution in [1.29, 1.82) is 0 Å². The summed E-state index contributed by atoms with van der Waals surface area (Å²) in [5.74, 6) is -0.0372. The standard InChI is InChI=1S/C23H21F3N2O2/c24-23(25,26)22(11-12-22)18-7-5-16(6-8-18)15-1-3-17(4-2-15)20(30)28-13-21(14-28)10-9-19(29)27-21/h1-8H,9-14H2,(H,27,29). The van der Waals surface area contributed by atoms with Crippen LogP contribution in [0.4, 0.5) is 13.2 Å². The maximum atomic E-state index is 13.3. The molecule has 4 nitrogen and oxygen atoms in total. The number of hydrogen-bond acceptors (Lipinski definition) is 2. The van der Waals surface area contributed by atoms with Crippen LogP contribution in [0.15, 0.2) is 48.5 Å². The summed E-state index contributed by atoms with van der Waals surface area (Å²) >= 11 is 0. The normalized spacial score (nSPS) is 21.3. The van der Waals surface area contributed by atoms with Gasteiger partial charge in [-0.1, -0.05) is 36.4 Å². The molecule has 2 aromatic rings. The summed E-state index contributed by atoms with van der Waals surface area (Å²) in [6.07, 6.45) is -2.64. The molecule has 0 unspecified atom stereocenters. The van der Waals surface area contributed by atoms with E-state index < -0.39 is 11.6 Å². The zero-order chi connectivity index (χ0) is 21.1. The number of halogens is 3. The lowest BCUT2D eigenvalue weighted by molar-refractivity contribution is -0.160. The van der Waals surface area contributed by atoms with Crippen molar-refractivity contribution in [2.75, 3.05) is 13.1 Å². The maximum absolute atomic E-state index is 13.3. The fourth-order valence-corrected chi connectivity index (χ4v) is 4.67. The topological polar surface area (TPSA) is 49.4 Å². The van der Waals surface area contributed by atoms with Crippen molar-refractivity contribution < 1.29 is 22.8 Å². The van der Waals surface area contributed by atoms with Gasteiger partial charge < -0.3 is 10.2 Å². The van der Waals surface area contributed by atoms with E-state index in [2.05, 4.69) is 5.32 Å². The number of alkyl halides is 3. The van der Waals surface area contributed by atoms with E-state index in [1.165, 1.54) is 0 Å². The van der Waals surface area contributed by atoms with Crippen molar-refractivity contribution in [2.24, 2.45) is 0 Å². The highest BCUT2D eigenvalue weighted by Gasteiger charge is 2.64. The van der Waals surface area contributed by atoms with E-state index in [1.54, 1.807) is 41.3 Å². The van der Waals surface area contributed by atoms with Crippen LogP contribution in [0, 0.1) is 0 Å². The predicted octanol–water partition coefficient (Wildman–Crippen LogP) is 4.05. The Morgan fingerprint density at radius 3 is 1.93 bits per heavy atom. The molecule has 0 atom stereocenters. The van der Waals surface area contributed by atoms with Crippen LogP contribution >= 0.6 is 0 Å². The highest BCUT2D eigenvalue weighted by atomic mass is 19.4. The fraction of sp³-hybridized carbons (Fsp3) is 0.391. The molecule has 1 spiro atoms. The van der Waals surface area contributed by atoms with E-state index in [-0.39, 0.29) is 30.2 Å². The zero-order valence-corrected chi connectivity index (χ0v) is 16.3. The molecule has 1 aliphatic carbocycles. The van der Waals surface area contributed by atoms with Gasteiger partial charge in [0.1, 0.15) is 0 Å². The molecular weight excluding hydrogens is 393 g/mol. The molecule has 3 aliphatic rings. The molecule has 2 amide bonds. The predicted molar refractivity (Wildman–Crippen MR) is 105 cm³/mol. The van der Waals surface area contributed by atoms with Crippen molar-refractivity contribution >= 4 is 11.8 Å². The highest BCUT2D eigenvalue weighted by Crippen LogP contribution is 2.58. The Balaban J connectivity index is 1.27. The Hall–Kier alpha value is -2.83. The third kappa shape index (κ3) is 2.99. The van der Waals surface area contributed by atoms with E-state index in [4.69, 9.17) is 0 Å². The van der Waals surface area contributed by atoms with Gasteiger partial charge in [-0.25, -0.2) is 0 Å². The van der Waals surface area contributed by atoms with Crippen LogP contribution in [0.1, 0.15) is 41.6 Å². The van der Waals surface area contributed by atoms with Crippen LogP contribution in [-0.4, -0.2) is 41.5 Å². The Labute approximate surface area is 172 Å². The van der Waals surface area contributed by atoms with Gasteiger partial charge >= 0.3 is 6.18 Å². The summed E-state index contributed by atoms with van der Waals surface area (Å²) in [6, 6.07) is 13.6. The van der Waals surface area contributed by atoms with Gasteiger partial charge in [0.05, 0.1) is 11.0 Å². The SMILES string of the molecule is O=C1CCC2(CN(C(=O)c3ccc(-c4ccc(C5(C(F)(F)F)CC5)cc4)cc3)C2)N1. The van der Waals surface area contributed by atoms with Crippen LogP contribution < -0.4 is 5.32 Å². The summed E-state index contributed by atoms with van der Waals surface area (Å²) in [5.41, 5.74) is 0.615. The van der Waals surface area contributed by atoms with Crippen LogP contribution in [0.25, 0.3) is 11.1 Å². The molecule has 156 valence electrons. The minimum Gasteiger partial charge on any atom is -0.347 e. The van der Waals surface area contributed by atoms with Gasteiger partial charge in [-0.05, 0) is 48.1 Å². The van der Waals surface area contributed by atoms with Gasteiger partial charge in [0.15, 0.2) is 0 Å². The molecule has 2 aliphatic heterocycles. The molecule has 5 rings (SSSR count). The number of hydrogen-bond donors (Lipinski definition) is 1. The van der Waals surface area contributed by atoms with Crippen LogP contribution in [0.2, 0.25) is 0 Å². The third-order valence-electron chi connectivity index (χ3n) is 6.70. The first-order valence-electron chi connectivity index (χ1n) is 10.1. The number of rotatable bonds is 3. The smallest absolute Gasteiger partial charge is 0.347 e. The van der Waals surface area contributed by atoms with Gasteiger partial charge in [-0.15, -0.1) is 0 Å². The second-order valence-corrected chi connectivity index (χ2v) is 8.72. The summed E-state index contributed by atoms with van der Waals surface area (Å²) < 4.78 is 39.9. The second kappa shape index (κ2) is 6.33. The number of carbonyl (C=O) groups is 2. The van der Waals surface area contributed by atoms with Gasteiger partial charge in [0, 0.05) is 25.1 Å².